The first kappa shape index (κ1) is 20.0. The minimum atomic E-state index is -0.369. The Morgan fingerprint density at radius 2 is 2.35 bits per heavy atom. The Morgan fingerprint density at radius 3 is 3.00 bits per heavy atom. The molecule has 0 amide bonds. The minimum Gasteiger partial charge on any atom is -0.352 e. The van der Waals surface area contributed by atoms with E-state index in [-0.39, 0.29) is 34.6 Å². The van der Waals surface area contributed by atoms with Crippen molar-refractivity contribution >= 4 is 47.4 Å². The molecule has 0 aromatic heterocycles. The molecule has 0 spiro atoms. The fourth-order valence-electron chi connectivity index (χ4n) is 2.45. The van der Waals surface area contributed by atoms with Gasteiger partial charge in [0, 0.05) is 49.8 Å². The van der Waals surface area contributed by atoms with E-state index in [2.05, 4.69) is 22.1 Å². The van der Waals surface area contributed by atoms with Crippen molar-refractivity contribution in [2.75, 3.05) is 25.9 Å². The highest BCUT2D eigenvalue weighted by Crippen LogP contribution is 2.21. The predicted octanol–water partition coefficient (Wildman–Crippen LogP) is 3.12. The summed E-state index contributed by atoms with van der Waals surface area (Å²) in [6.45, 7) is 4.72. The Balaban J connectivity index is 0.00000264. The zero-order valence-corrected chi connectivity index (χ0v) is 16.5. The quantitative estimate of drug-likeness (QED) is 0.251. The van der Waals surface area contributed by atoms with Crippen LogP contribution in [0.15, 0.2) is 29.3 Å². The smallest absolute Gasteiger partial charge is 0.269 e. The molecule has 0 aliphatic carbocycles. The van der Waals surface area contributed by atoms with Crippen molar-refractivity contribution in [3.63, 3.8) is 0 Å². The molecule has 2 rings (SSSR count). The van der Waals surface area contributed by atoms with Crippen LogP contribution in [0.25, 0.3) is 0 Å². The standard InChI is InChI=1S/C15H22N4O2S.HI/c1-3-14-11-18(7-8-22-14)15(16-2)17-10-12-5-4-6-13(9-12)19(20)21;/h4-6,9,14H,3,7-8,10-11H2,1-2H3,(H,16,17);1H. The molecular formula is C15H23IN4O2S. The van der Waals surface area contributed by atoms with Crippen LogP contribution in [0.5, 0.6) is 0 Å². The predicted molar refractivity (Wildman–Crippen MR) is 107 cm³/mol. The van der Waals surface area contributed by atoms with Crippen molar-refractivity contribution in [3.8, 4) is 0 Å². The van der Waals surface area contributed by atoms with Gasteiger partial charge in [0.2, 0.25) is 0 Å². The van der Waals surface area contributed by atoms with Crippen molar-refractivity contribution < 1.29 is 4.92 Å². The molecule has 6 nitrogen and oxygen atoms in total. The molecule has 1 atom stereocenters. The molecule has 1 N–H and O–H groups in total. The van der Waals surface area contributed by atoms with Crippen molar-refractivity contribution in [1.82, 2.24) is 10.2 Å². The fourth-order valence-corrected chi connectivity index (χ4v) is 3.63. The van der Waals surface area contributed by atoms with E-state index in [4.69, 9.17) is 0 Å². The molecule has 1 unspecified atom stereocenters. The van der Waals surface area contributed by atoms with E-state index in [0.717, 1.165) is 36.8 Å². The number of benzene rings is 1. The Hall–Kier alpha value is -1.03. The summed E-state index contributed by atoms with van der Waals surface area (Å²) >= 11 is 2.02. The summed E-state index contributed by atoms with van der Waals surface area (Å²) < 4.78 is 0. The van der Waals surface area contributed by atoms with Gasteiger partial charge >= 0.3 is 0 Å². The summed E-state index contributed by atoms with van der Waals surface area (Å²) in [7, 11) is 1.78. The molecule has 128 valence electrons. The van der Waals surface area contributed by atoms with Gasteiger partial charge in [0.15, 0.2) is 5.96 Å². The maximum absolute atomic E-state index is 10.8. The Labute approximate surface area is 158 Å². The monoisotopic (exact) mass is 450 g/mol. The fraction of sp³-hybridized carbons (Fsp3) is 0.533. The van der Waals surface area contributed by atoms with E-state index in [1.54, 1.807) is 19.2 Å². The second-order valence-electron chi connectivity index (χ2n) is 5.17. The van der Waals surface area contributed by atoms with E-state index in [1.165, 1.54) is 6.07 Å². The zero-order valence-electron chi connectivity index (χ0n) is 13.4. The number of rotatable bonds is 4. The number of guanidine groups is 1. The first-order valence-corrected chi connectivity index (χ1v) is 8.49. The summed E-state index contributed by atoms with van der Waals surface area (Å²) in [5.41, 5.74) is 1.00. The molecule has 1 saturated heterocycles. The Bertz CT molecular complexity index is 556. The van der Waals surface area contributed by atoms with Crippen molar-refractivity contribution in [1.29, 1.82) is 0 Å². The number of halogens is 1. The largest absolute Gasteiger partial charge is 0.352 e. The molecule has 1 aromatic carbocycles. The summed E-state index contributed by atoms with van der Waals surface area (Å²) in [5, 5.41) is 14.8. The Kier molecular flexibility index (Phi) is 8.67. The van der Waals surface area contributed by atoms with Crippen LogP contribution in [-0.2, 0) is 6.54 Å². The van der Waals surface area contributed by atoms with Crippen LogP contribution in [0.4, 0.5) is 5.69 Å². The van der Waals surface area contributed by atoms with Crippen molar-refractivity contribution in [3.05, 3.63) is 39.9 Å². The first-order chi connectivity index (χ1) is 10.6. The minimum absolute atomic E-state index is 0. The van der Waals surface area contributed by atoms with Gasteiger partial charge in [-0.25, -0.2) is 0 Å². The molecule has 1 aromatic rings. The molecule has 0 radical (unpaired) electrons. The van der Waals surface area contributed by atoms with E-state index < -0.39 is 0 Å². The van der Waals surface area contributed by atoms with Crippen LogP contribution >= 0.6 is 35.7 Å². The van der Waals surface area contributed by atoms with Crippen LogP contribution in [0.2, 0.25) is 0 Å². The normalized spacial score (nSPS) is 18.3. The van der Waals surface area contributed by atoms with Crippen LogP contribution in [-0.4, -0.2) is 46.9 Å². The van der Waals surface area contributed by atoms with Gasteiger partial charge in [-0.15, -0.1) is 24.0 Å². The molecule has 1 aliphatic rings. The number of nitrogens with zero attached hydrogens (tertiary/aromatic N) is 3. The maximum Gasteiger partial charge on any atom is 0.269 e. The van der Waals surface area contributed by atoms with Crippen LogP contribution in [0.1, 0.15) is 18.9 Å². The van der Waals surface area contributed by atoms with Gasteiger partial charge in [-0.2, -0.15) is 11.8 Å². The molecule has 1 fully saturated rings. The van der Waals surface area contributed by atoms with E-state index in [1.807, 2.05) is 17.8 Å². The highest BCUT2D eigenvalue weighted by Gasteiger charge is 2.21. The maximum atomic E-state index is 10.8. The van der Waals surface area contributed by atoms with Gasteiger partial charge in [0.05, 0.1) is 4.92 Å². The molecule has 1 heterocycles. The third-order valence-corrected chi connectivity index (χ3v) is 5.05. The van der Waals surface area contributed by atoms with E-state index in [0.29, 0.717) is 11.8 Å². The lowest BCUT2D eigenvalue weighted by atomic mass is 10.2. The Morgan fingerprint density at radius 1 is 1.57 bits per heavy atom. The third kappa shape index (κ3) is 5.83. The van der Waals surface area contributed by atoms with E-state index >= 15 is 0 Å². The summed E-state index contributed by atoms with van der Waals surface area (Å²) in [5.74, 6) is 1.97. The average Bonchev–Trinajstić information content (AvgIpc) is 2.56. The topological polar surface area (TPSA) is 70.8 Å². The van der Waals surface area contributed by atoms with Gasteiger partial charge in [0.25, 0.3) is 5.69 Å². The number of hydrogen-bond donors (Lipinski definition) is 1. The van der Waals surface area contributed by atoms with Gasteiger partial charge in [-0.3, -0.25) is 15.1 Å². The number of nitro benzene ring substituents is 1. The second kappa shape index (κ2) is 9.96. The lowest BCUT2D eigenvalue weighted by Crippen LogP contribution is -2.47. The average molecular weight is 450 g/mol. The van der Waals surface area contributed by atoms with Crippen LogP contribution in [0, 0.1) is 10.1 Å². The number of nitrogens with one attached hydrogen (secondary N) is 1. The molecule has 0 bridgehead atoms. The molecule has 1 aliphatic heterocycles. The summed E-state index contributed by atoms with van der Waals surface area (Å²) in [6.07, 6.45) is 1.16. The highest BCUT2D eigenvalue weighted by molar-refractivity contribution is 14.0. The third-order valence-electron chi connectivity index (χ3n) is 3.68. The number of thioether (sulfide) groups is 1. The highest BCUT2D eigenvalue weighted by atomic mass is 127. The first-order valence-electron chi connectivity index (χ1n) is 7.44. The molecule has 0 saturated carbocycles. The molecule has 8 heteroatoms. The van der Waals surface area contributed by atoms with Crippen LogP contribution < -0.4 is 5.32 Å². The second-order valence-corrected chi connectivity index (χ2v) is 6.58. The van der Waals surface area contributed by atoms with Crippen molar-refractivity contribution in [2.24, 2.45) is 4.99 Å². The van der Waals surface area contributed by atoms with E-state index in [9.17, 15) is 10.1 Å². The SMILES string of the molecule is CCC1CN(C(=NC)NCc2cccc([N+](=O)[O-])c2)CCS1.I. The number of hydrogen-bond acceptors (Lipinski definition) is 4. The van der Waals surface area contributed by atoms with Gasteiger partial charge in [-0.1, -0.05) is 19.1 Å². The summed E-state index contributed by atoms with van der Waals surface area (Å²) in [6, 6.07) is 6.70. The number of nitro groups is 1. The van der Waals surface area contributed by atoms with Gasteiger partial charge in [-0.05, 0) is 12.0 Å². The zero-order chi connectivity index (χ0) is 15.9. The molecule has 23 heavy (non-hydrogen) atoms. The lowest BCUT2D eigenvalue weighted by Gasteiger charge is -2.34. The van der Waals surface area contributed by atoms with Crippen molar-refractivity contribution in [2.45, 2.75) is 25.1 Å². The number of non-ortho nitro benzene ring substituents is 1. The summed E-state index contributed by atoms with van der Waals surface area (Å²) in [4.78, 5) is 17.1. The van der Waals surface area contributed by atoms with Crippen LogP contribution in [0.3, 0.4) is 0 Å². The van der Waals surface area contributed by atoms with Gasteiger partial charge in [0.1, 0.15) is 0 Å². The van der Waals surface area contributed by atoms with Gasteiger partial charge < -0.3 is 10.2 Å². The molecular weight excluding hydrogens is 427 g/mol. The lowest BCUT2D eigenvalue weighted by molar-refractivity contribution is -0.384. The number of aliphatic imine (C=N–C) groups is 1.